The minimum atomic E-state index is -0.747. The fraction of sp³-hybridized carbons (Fsp3) is 0.532. The van der Waals surface area contributed by atoms with E-state index in [-0.39, 0.29) is 69.5 Å². The van der Waals surface area contributed by atoms with Crippen molar-refractivity contribution < 1.29 is 58.0 Å². The quantitative estimate of drug-likeness (QED) is 0.0966. The fourth-order valence-electron chi connectivity index (χ4n) is 7.10. The van der Waals surface area contributed by atoms with Crippen molar-refractivity contribution in [3.63, 3.8) is 0 Å². The Morgan fingerprint density at radius 1 is 0.559 bits per heavy atom. The van der Waals surface area contributed by atoms with Gasteiger partial charge in [-0.3, -0.25) is 0 Å². The molecule has 1 aliphatic carbocycles. The molecule has 4 aliphatic rings. The van der Waals surface area contributed by atoms with Gasteiger partial charge in [-0.05, 0) is 65.4 Å². The lowest BCUT2D eigenvalue weighted by Crippen LogP contribution is -2.29. The highest BCUT2D eigenvalue weighted by Gasteiger charge is 2.35. The molecule has 12 heteroatoms. The molecule has 3 fully saturated rings. The molecule has 3 saturated heterocycles. The fourth-order valence-corrected chi connectivity index (χ4v) is 7.10. The number of rotatable bonds is 26. The third kappa shape index (κ3) is 12.7. The van der Waals surface area contributed by atoms with Crippen LogP contribution < -0.4 is 9.47 Å². The maximum atomic E-state index is 10.4. The first kappa shape index (κ1) is 43.4. The zero-order valence-corrected chi connectivity index (χ0v) is 34.4. The molecule has 0 aromatic heterocycles. The lowest BCUT2D eigenvalue weighted by atomic mass is 9.68. The summed E-state index contributed by atoms with van der Waals surface area (Å²) in [4.78, 5) is 0. The lowest BCUT2D eigenvalue weighted by molar-refractivity contribution is -0.0348. The summed E-state index contributed by atoms with van der Waals surface area (Å²) in [5, 5.41) is 31.0. The molecule has 12 nitrogen and oxygen atoms in total. The second-order valence-corrected chi connectivity index (χ2v) is 16.6. The molecule has 8 unspecified atom stereocenters. The predicted octanol–water partition coefficient (Wildman–Crippen LogP) is 4.68. The smallest absolute Gasteiger partial charge is 0.119 e. The Hall–Kier alpha value is -3.66. The molecule has 0 radical (unpaired) electrons. The summed E-state index contributed by atoms with van der Waals surface area (Å²) in [5.74, 6) is 1.35. The number of ether oxygens (including phenoxy) is 9. The number of epoxide rings is 3. The van der Waals surface area contributed by atoms with Gasteiger partial charge < -0.3 is 58.0 Å². The maximum absolute atomic E-state index is 10.4. The molecule has 3 aliphatic heterocycles. The number of benzene rings is 3. The predicted molar refractivity (Wildman–Crippen MR) is 220 cm³/mol. The van der Waals surface area contributed by atoms with Crippen LogP contribution in [0.4, 0.5) is 0 Å². The van der Waals surface area contributed by atoms with Gasteiger partial charge in [-0.15, -0.1) is 0 Å². The highest BCUT2D eigenvalue weighted by atomic mass is 16.6. The van der Waals surface area contributed by atoms with Crippen molar-refractivity contribution >= 4 is 0 Å². The monoisotopic (exact) mass is 816 g/mol. The first-order valence-corrected chi connectivity index (χ1v) is 20.8. The van der Waals surface area contributed by atoms with Crippen LogP contribution in [-0.4, -0.2) is 137 Å². The Bertz CT molecular complexity index is 1800. The number of allylic oxidation sites excluding steroid dienone is 2. The van der Waals surface area contributed by atoms with Crippen LogP contribution >= 0.6 is 0 Å². The van der Waals surface area contributed by atoms with Crippen LogP contribution in [0, 0.1) is 0 Å². The Balaban J connectivity index is 1.01. The van der Waals surface area contributed by atoms with Crippen LogP contribution in [0.15, 0.2) is 96.6 Å². The van der Waals surface area contributed by atoms with Gasteiger partial charge in [-0.25, -0.2) is 0 Å². The van der Waals surface area contributed by atoms with E-state index in [2.05, 4.69) is 87.5 Å². The van der Waals surface area contributed by atoms with Gasteiger partial charge >= 0.3 is 0 Å². The molecular formula is C47H60O12. The van der Waals surface area contributed by atoms with E-state index < -0.39 is 23.7 Å². The van der Waals surface area contributed by atoms with Crippen molar-refractivity contribution in [2.75, 3.05) is 79.3 Å². The third-order valence-electron chi connectivity index (χ3n) is 11.3. The number of hydrogen-bond donors (Lipinski definition) is 3. The molecule has 3 aromatic rings. The third-order valence-corrected chi connectivity index (χ3v) is 11.3. The molecular weight excluding hydrogens is 757 g/mol. The molecule has 59 heavy (non-hydrogen) atoms. The van der Waals surface area contributed by atoms with Gasteiger partial charge in [0, 0.05) is 10.8 Å². The van der Waals surface area contributed by atoms with Crippen molar-refractivity contribution in [3.05, 3.63) is 119 Å². The number of aliphatic hydroxyl groups excluding tert-OH is 3. The molecule has 7 rings (SSSR count). The zero-order chi connectivity index (χ0) is 41.2. The van der Waals surface area contributed by atoms with E-state index in [1.165, 1.54) is 0 Å². The summed E-state index contributed by atoms with van der Waals surface area (Å²) < 4.78 is 49.9. The van der Waals surface area contributed by atoms with Gasteiger partial charge in [0.15, 0.2) is 0 Å². The van der Waals surface area contributed by atoms with Crippen molar-refractivity contribution in [1.29, 1.82) is 0 Å². The summed E-state index contributed by atoms with van der Waals surface area (Å²) in [6.07, 6.45) is 5.20. The molecule has 3 aromatic carbocycles. The Morgan fingerprint density at radius 2 is 0.949 bits per heavy atom. The normalized spacial score (nSPS) is 23.5. The van der Waals surface area contributed by atoms with E-state index in [1.54, 1.807) is 0 Å². The summed E-state index contributed by atoms with van der Waals surface area (Å²) in [5.41, 5.74) is 4.79. The first-order chi connectivity index (χ1) is 28.6. The average Bonchev–Trinajstić information content (AvgIpc) is 4.09. The summed E-state index contributed by atoms with van der Waals surface area (Å²) in [7, 11) is 0. The maximum Gasteiger partial charge on any atom is 0.119 e. The van der Waals surface area contributed by atoms with Crippen LogP contribution in [0.25, 0.3) is 0 Å². The van der Waals surface area contributed by atoms with Gasteiger partial charge in [-0.1, -0.05) is 80.6 Å². The SMILES string of the molecule is CC(C)(c1ccc(OCC(O)COCC2CO2)cc1)c1ccc(C(C)(C2=CCC(OCC(O)COCC3CO3)C=C2)c2ccc(OCC(O)COCC3CO3)cc2)cc1. The number of aliphatic hydroxyl groups is 3. The highest BCUT2D eigenvalue weighted by molar-refractivity contribution is 5.54. The molecule has 0 saturated carbocycles. The second-order valence-electron chi connectivity index (χ2n) is 16.6. The second kappa shape index (κ2) is 20.3. The summed E-state index contributed by atoms with van der Waals surface area (Å²) >= 11 is 0. The van der Waals surface area contributed by atoms with E-state index in [1.807, 2.05) is 24.3 Å². The Morgan fingerprint density at radius 3 is 1.36 bits per heavy atom. The summed E-state index contributed by atoms with van der Waals surface area (Å²) in [6.45, 7) is 11.3. The molecule has 8 atom stereocenters. The zero-order valence-electron chi connectivity index (χ0n) is 34.4. The van der Waals surface area contributed by atoms with Gasteiger partial charge in [0.25, 0.3) is 0 Å². The minimum Gasteiger partial charge on any atom is -0.491 e. The molecule has 320 valence electrons. The van der Waals surface area contributed by atoms with E-state index in [0.29, 0.717) is 44.3 Å². The van der Waals surface area contributed by atoms with Crippen LogP contribution in [0.5, 0.6) is 11.5 Å². The van der Waals surface area contributed by atoms with E-state index >= 15 is 0 Å². The topological polar surface area (TPSA) is 154 Å². The number of hydrogen-bond acceptors (Lipinski definition) is 12. The van der Waals surface area contributed by atoms with E-state index in [0.717, 1.165) is 41.0 Å². The Kier molecular flexibility index (Phi) is 14.9. The summed E-state index contributed by atoms with van der Waals surface area (Å²) in [6, 6.07) is 24.9. The van der Waals surface area contributed by atoms with Crippen LogP contribution in [0.3, 0.4) is 0 Å². The van der Waals surface area contributed by atoms with Crippen molar-refractivity contribution in [3.8, 4) is 11.5 Å². The van der Waals surface area contributed by atoms with Crippen LogP contribution in [0.2, 0.25) is 0 Å². The van der Waals surface area contributed by atoms with Gasteiger partial charge in [0.05, 0.1) is 72.2 Å². The van der Waals surface area contributed by atoms with Gasteiger partial charge in [0.1, 0.15) is 61.3 Å². The van der Waals surface area contributed by atoms with Crippen molar-refractivity contribution in [2.45, 2.75) is 80.7 Å². The molecule has 3 heterocycles. The van der Waals surface area contributed by atoms with Crippen molar-refractivity contribution in [2.24, 2.45) is 0 Å². The molecule has 0 amide bonds. The van der Waals surface area contributed by atoms with Crippen LogP contribution in [0.1, 0.15) is 49.4 Å². The largest absolute Gasteiger partial charge is 0.491 e. The minimum absolute atomic E-state index is 0.121. The lowest BCUT2D eigenvalue weighted by Gasteiger charge is -2.35. The van der Waals surface area contributed by atoms with Crippen molar-refractivity contribution in [1.82, 2.24) is 0 Å². The molecule has 0 spiro atoms. The standard InChI is InChI=1S/C47H60O12/c1-46(2,33-8-14-40(15-9-33)54-23-37(48)20-51-26-43-29-57-43)32-4-6-34(7-5-32)47(3,35-10-16-41(17-11-35)55-24-38(49)21-52-27-44-30-58-44)36-12-18-42(19-13-36)56-25-39(50)22-53-28-45-31-59-45/h4-18,37-39,42-45,48-50H,19-31H2,1-3H3. The van der Waals surface area contributed by atoms with Gasteiger partial charge in [0.2, 0.25) is 0 Å². The Labute approximate surface area is 347 Å². The highest BCUT2D eigenvalue weighted by Crippen LogP contribution is 2.43. The van der Waals surface area contributed by atoms with Crippen LogP contribution in [-0.2, 0) is 44.0 Å². The molecule has 0 bridgehead atoms. The first-order valence-electron chi connectivity index (χ1n) is 20.8. The average molecular weight is 817 g/mol. The van der Waals surface area contributed by atoms with E-state index in [9.17, 15) is 15.3 Å². The molecule has 3 N–H and O–H groups in total. The van der Waals surface area contributed by atoms with Gasteiger partial charge in [-0.2, -0.15) is 0 Å². The van der Waals surface area contributed by atoms with E-state index in [4.69, 9.17) is 42.6 Å².